The summed E-state index contributed by atoms with van der Waals surface area (Å²) in [4.78, 5) is 0. The van der Waals surface area contributed by atoms with E-state index in [9.17, 15) is 8.42 Å². The lowest BCUT2D eigenvalue weighted by Crippen LogP contribution is -2.30. The molecule has 98 valence electrons. The third kappa shape index (κ3) is 5.16. The van der Waals surface area contributed by atoms with E-state index < -0.39 is 10.0 Å². The van der Waals surface area contributed by atoms with Gasteiger partial charge < -0.3 is 5.32 Å². The molecule has 0 fully saturated rings. The first-order chi connectivity index (χ1) is 8.06. The van der Waals surface area contributed by atoms with Gasteiger partial charge in [0.1, 0.15) is 0 Å². The number of nitrogens with one attached hydrogen (secondary N) is 1. The van der Waals surface area contributed by atoms with Crippen LogP contribution in [-0.4, -0.2) is 38.6 Å². The maximum Gasteiger partial charge on any atom is 0.214 e. The van der Waals surface area contributed by atoms with Gasteiger partial charge in [0, 0.05) is 13.6 Å². The summed E-state index contributed by atoms with van der Waals surface area (Å²) in [6, 6.07) is 1.95. The second-order valence-corrected chi connectivity index (χ2v) is 6.89. The van der Waals surface area contributed by atoms with Crippen LogP contribution in [0.3, 0.4) is 0 Å². The van der Waals surface area contributed by atoms with Gasteiger partial charge in [-0.15, -0.1) is 0 Å². The van der Waals surface area contributed by atoms with Crippen molar-refractivity contribution >= 4 is 21.4 Å². The maximum absolute atomic E-state index is 11.9. The summed E-state index contributed by atoms with van der Waals surface area (Å²) in [5, 5.41) is 7.06. The van der Waals surface area contributed by atoms with Crippen molar-refractivity contribution in [3.63, 3.8) is 0 Å². The zero-order valence-electron chi connectivity index (χ0n) is 10.3. The Morgan fingerprint density at radius 2 is 2.24 bits per heavy atom. The van der Waals surface area contributed by atoms with E-state index in [2.05, 4.69) is 5.32 Å². The van der Waals surface area contributed by atoms with Crippen molar-refractivity contribution in [2.24, 2.45) is 0 Å². The summed E-state index contributed by atoms with van der Waals surface area (Å²) >= 11 is 1.59. The van der Waals surface area contributed by atoms with E-state index in [4.69, 9.17) is 0 Å². The minimum Gasteiger partial charge on any atom is -0.317 e. The van der Waals surface area contributed by atoms with Gasteiger partial charge in [0.2, 0.25) is 10.0 Å². The molecule has 0 aliphatic heterocycles. The normalized spacial score (nSPS) is 12.2. The van der Waals surface area contributed by atoms with Gasteiger partial charge in [-0.1, -0.05) is 6.92 Å². The molecule has 0 atom stereocenters. The van der Waals surface area contributed by atoms with Crippen molar-refractivity contribution in [1.82, 2.24) is 9.62 Å². The van der Waals surface area contributed by atoms with Gasteiger partial charge in [0.25, 0.3) is 0 Å². The summed E-state index contributed by atoms with van der Waals surface area (Å²) < 4.78 is 25.3. The van der Waals surface area contributed by atoms with Gasteiger partial charge >= 0.3 is 0 Å². The maximum atomic E-state index is 11.9. The molecule has 0 amide bonds. The molecular formula is C11H20N2O2S2. The fourth-order valence-electron chi connectivity index (χ4n) is 1.45. The van der Waals surface area contributed by atoms with Gasteiger partial charge in [0.15, 0.2) is 0 Å². The number of nitrogens with zero attached hydrogens (tertiary/aromatic N) is 1. The molecule has 1 heterocycles. The molecule has 0 bridgehead atoms. The molecule has 1 aromatic rings. The first-order valence-electron chi connectivity index (χ1n) is 5.72. The van der Waals surface area contributed by atoms with E-state index in [1.165, 1.54) is 4.31 Å². The highest BCUT2D eigenvalue weighted by molar-refractivity contribution is 7.89. The highest BCUT2D eigenvalue weighted by Gasteiger charge is 2.17. The smallest absolute Gasteiger partial charge is 0.214 e. The SMILES string of the molecule is CCNCCCS(=O)(=O)N(C)Cc1ccsc1. The summed E-state index contributed by atoms with van der Waals surface area (Å²) in [6.45, 7) is 4.11. The second-order valence-electron chi connectivity index (χ2n) is 3.91. The number of rotatable bonds is 8. The van der Waals surface area contributed by atoms with Crippen LogP contribution in [0.4, 0.5) is 0 Å². The standard InChI is InChI=1S/C11H20N2O2S2/c1-3-12-6-4-8-17(14,15)13(2)9-11-5-7-16-10-11/h5,7,10,12H,3-4,6,8-9H2,1-2H3. The zero-order valence-corrected chi connectivity index (χ0v) is 12.0. The van der Waals surface area contributed by atoms with Crippen molar-refractivity contribution in [3.8, 4) is 0 Å². The highest BCUT2D eigenvalue weighted by atomic mass is 32.2. The predicted molar refractivity (Wildman–Crippen MR) is 72.7 cm³/mol. The molecule has 1 rings (SSSR count). The number of hydrogen-bond acceptors (Lipinski definition) is 4. The van der Waals surface area contributed by atoms with Gasteiger partial charge in [-0.05, 0) is 41.9 Å². The van der Waals surface area contributed by atoms with Gasteiger partial charge in [-0.2, -0.15) is 11.3 Å². The molecule has 0 aromatic carbocycles. The molecule has 1 N–H and O–H groups in total. The zero-order chi connectivity index (χ0) is 12.7. The number of thiophene rings is 1. The average molecular weight is 276 g/mol. The van der Waals surface area contributed by atoms with Crippen LogP contribution < -0.4 is 5.32 Å². The third-order valence-corrected chi connectivity index (χ3v) is 5.08. The number of hydrogen-bond donors (Lipinski definition) is 1. The Labute approximate surface area is 108 Å². The molecule has 0 aliphatic rings. The van der Waals surface area contributed by atoms with Crippen molar-refractivity contribution < 1.29 is 8.42 Å². The van der Waals surface area contributed by atoms with Crippen LogP contribution in [0.25, 0.3) is 0 Å². The van der Waals surface area contributed by atoms with E-state index in [0.717, 1.165) is 18.7 Å². The molecule has 0 radical (unpaired) electrons. The summed E-state index contributed by atoms with van der Waals surface area (Å²) in [5.74, 6) is 0.209. The fraction of sp³-hybridized carbons (Fsp3) is 0.636. The predicted octanol–water partition coefficient (Wildman–Crippen LogP) is 1.51. The van der Waals surface area contributed by atoms with E-state index in [1.807, 2.05) is 23.8 Å². The Kier molecular flexibility index (Phi) is 6.11. The van der Waals surface area contributed by atoms with E-state index in [-0.39, 0.29) is 5.75 Å². The van der Waals surface area contributed by atoms with Crippen LogP contribution in [0, 0.1) is 0 Å². The molecule has 0 spiro atoms. The average Bonchev–Trinajstić information content (AvgIpc) is 2.77. The Morgan fingerprint density at radius 1 is 1.47 bits per heavy atom. The van der Waals surface area contributed by atoms with Crippen molar-refractivity contribution in [1.29, 1.82) is 0 Å². The molecule has 17 heavy (non-hydrogen) atoms. The Hall–Kier alpha value is -0.430. The lowest BCUT2D eigenvalue weighted by Gasteiger charge is -2.16. The third-order valence-electron chi connectivity index (χ3n) is 2.47. The molecule has 0 unspecified atom stereocenters. The first kappa shape index (κ1) is 14.6. The van der Waals surface area contributed by atoms with Crippen LogP contribution in [-0.2, 0) is 16.6 Å². The van der Waals surface area contributed by atoms with Gasteiger partial charge in [0.05, 0.1) is 5.75 Å². The molecule has 4 nitrogen and oxygen atoms in total. The fourth-order valence-corrected chi connectivity index (χ4v) is 3.28. The van der Waals surface area contributed by atoms with Crippen molar-refractivity contribution in [2.75, 3.05) is 25.9 Å². The van der Waals surface area contributed by atoms with Gasteiger partial charge in [-0.3, -0.25) is 0 Å². The minimum absolute atomic E-state index is 0.209. The van der Waals surface area contributed by atoms with E-state index in [0.29, 0.717) is 13.0 Å². The number of sulfonamides is 1. The van der Waals surface area contributed by atoms with E-state index in [1.54, 1.807) is 18.4 Å². The van der Waals surface area contributed by atoms with Crippen molar-refractivity contribution in [3.05, 3.63) is 22.4 Å². The Morgan fingerprint density at radius 3 is 2.82 bits per heavy atom. The Balaban J connectivity index is 2.41. The van der Waals surface area contributed by atoms with Crippen LogP contribution in [0.2, 0.25) is 0 Å². The first-order valence-corrected chi connectivity index (χ1v) is 8.27. The summed E-state index contributed by atoms with van der Waals surface area (Å²) in [5.41, 5.74) is 1.05. The largest absolute Gasteiger partial charge is 0.317 e. The monoisotopic (exact) mass is 276 g/mol. The summed E-state index contributed by atoms with van der Waals surface area (Å²) in [6.07, 6.45) is 0.657. The molecule has 6 heteroatoms. The molecule has 0 aliphatic carbocycles. The second kappa shape index (κ2) is 7.10. The quantitative estimate of drug-likeness (QED) is 0.732. The topological polar surface area (TPSA) is 49.4 Å². The highest BCUT2D eigenvalue weighted by Crippen LogP contribution is 2.11. The Bertz CT molecular complexity index is 401. The van der Waals surface area contributed by atoms with Crippen LogP contribution >= 0.6 is 11.3 Å². The van der Waals surface area contributed by atoms with Crippen LogP contribution in [0.15, 0.2) is 16.8 Å². The molecule has 0 saturated heterocycles. The van der Waals surface area contributed by atoms with Crippen LogP contribution in [0.5, 0.6) is 0 Å². The minimum atomic E-state index is -3.12. The van der Waals surface area contributed by atoms with Crippen molar-refractivity contribution in [2.45, 2.75) is 19.9 Å². The molecule has 1 aromatic heterocycles. The van der Waals surface area contributed by atoms with Crippen LogP contribution in [0.1, 0.15) is 18.9 Å². The summed E-state index contributed by atoms with van der Waals surface area (Å²) in [7, 11) is -1.48. The lowest BCUT2D eigenvalue weighted by atomic mass is 10.3. The molecule has 0 saturated carbocycles. The lowest BCUT2D eigenvalue weighted by molar-refractivity contribution is 0.465. The van der Waals surface area contributed by atoms with E-state index >= 15 is 0 Å². The molecular weight excluding hydrogens is 256 g/mol. The van der Waals surface area contributed by atoms with Gasteiger partial charge in [-0.25, -0.2) is 12.7 Å².